The number of fused-ring (bicyclic) bond motifs is 10. The van der Waals surface area contributed by atoms with Crippen LogP contribution < -0.4 is 0 Å². The highest BCUT2D eigenvalue weighted by molar-refractivity contribution is 6.19. The van der Waals surface area contributed by atoms with E-state index in [-0.39, 0.29) is 0 Å². The molecule has 0 radical (unpaired) electrons. The summed E-state index contributed by atoms with van der Waals surface area (Å²) in [5.74, 6) is 1.69. The first-order valence-corrected chi connectivity index (χ1v) is 22.8. The van der Waals surface area contributed by atoms with Crippen LogP contribution in [-0.4, -0.2) is 24.5 Å². The van der Waals surface area contributed by atoms with Crippen molar-refractivity contribution in [2.75, 3.05) is 0 Å². The molecule has 6 nitrogen and oxygen atoms in total. The molecule has 14 rings (SSSR count). The van der Waals surface area contributed by atoms with Gasteiger partial charge in [-0.1, -0.05) is 158 Å². The number of furan rings is 1. The maximum Gasteiger partial charge on any atom is 0.167 e. The molecule has 0 saturated heterocycles. The summed E-state index contributed by atoms with van der Waals surface area (Å²) in [6.07, 6.45) is 3.60. The van der Waals surface area contributed by atoms with Crippen molar-refractivity contribution in [2.24, 2.45) is 0 Å². The fraction of sp³-hybridized carbons (Fsp3) is 0. The summed E-state index contributed by atoms with van der Waals surface area (Å²) in [6, 6.07) is 75.4. The van der Waals surface area contributed by atoms with Crippen molar-refractivity contribution >= 4 is 76.1 Å². The lowest BCUT2D eigenvalue weighted by Crippen LogP contribution is -2.00. The van der Waals surface area contributed by atoms with Gasteiger partial charge >= 0.3 is 0 Å². The molecular weight excluding hydrogens is 831 g/mol. The van der Waals surface area contributed by atoms with Gasteiger partial charge in [-0.2, -0.15) is 0 Å². The van der Waals surface area contributed by atoms with E-state index in [9.17, 15) is 0 Å². The summed E-state index contributed by atoms with van der Waals surface area (Å²) in [5.41, 5.74) is 12.1. The van der Waals surface area contributed by atoms with E-state index in [0.29, 0.717) is 23.1 Å². The second-order valence-electron chi connectivity index (χ2n) is 17.4. The molecule has 0 unspecified atom stereocenters. The number of aromatic nitrogens is 5. The number of para-hydroxylation sites is 1. The molecule has 0 saturated carbocycles. The van der Waals surface area contributed by atoms with Gasteiger partial charge in [-0.3, -0.25) is 4.98 Å². The molecule has 4 aromatic heterocycles. The number of hydrogen-bond donors (Lipinski definition) is 0. The van der Waals surface area contributed by atoms with Gasteiger partial charge in [-0.15, -0.1) is 0 Å². The predicted octanol–water partition coefficient (Wildman–Crippen LogP) is 16.1. The quantitative estimate of drug-likeness (QED) is 0.156. The summed E-state index contributed by atoms with van der Waals surface area (Å²) in [6.45, 7) is 0. The summed E-state index contributed by atoms with van der Waals surface area (Å²) in [7, 11) is 0. The maximum absolute atomic E-state index is 6.49. The Balaban J connectivity index is 0.899. The number of pyridine rings is 1. The smallest absolute Gasteiger partial charge is 0.167 e. The lowest BCUT2D eigenvalue weighted by molar-refractivity contribution is 0.669. The molecule has 0 amide bonds. The van der Waals surface area contributed by atoms with Gasteiger partial charge in [-0.05, 0) is 109 Å². The Morgan fingerprint density at radius 3 is 1.87 bits per heavy atom. The minimum Gasteiger partial charge on any atom is -0.455 e. The van der Waals surface area contributed by atoms with E-state index < -0.39 is 0 Å². The zero-order valence-corrected chi connectivity index (χ0v) is 36.5. The van der Waals surface area contributed by atoms with Gasteiger partial charge in [0.1, 0.15) is 11.2 Å². The Bertz CT molecular complexity index is 4320. The Labute approximate surface area is 390 Å². The fourth-order valence-corrected chi connectivity index (χ4v) is 10.3. The van der Waals surface area contributed by atoms with Crippen LogP contribution in [0, 0.1) is 0 Å². The third-order valence-corrected chi connectivity index (χ3v) is 13.5. The molecule has 0 aliphatic rings. The lowest BCUT2D eigenvalue weighted by atomic mass is 9.98. The third kappa shape index (κ3) is 6.12. The van der Waals surface area contributed by atoms with Gasteiger partial charge < -0.3 is 8.98 Å². The summed E-state index contributed by atoms with van der Waals surface area (Å²) >= 11 is 0. The van der Waals surface area contributed by atoms with Crippen LogP contribution in [0.4, 0.5) is 0 Å². The van der Waals surface area contributed by atoms with Crippen LogP contribution in [0.5, 0.6) is 0 Å². The molecule has 14 aromatic rings. The van der Waals surface area contributed by atoms with E-state index in [0.717, 1.165) is 55.2 Å². The Morgan fingerprint density at radius 1 is 0.353 bits per heavy atom. The summed E-state index contributed by atoms with van der Waals surface area (Å²) < 4.78 is 8.90. The average Bonchev–Trinajstić information content (AvgIpc) is 3.96. The third-order valence-electron chi connectivity index (χ3n) is 13.5. The van der Waals surface area contributed by atoms with Gasteiger partial charge in [0.05, 0.1) is 16.6 Å². The molecule has 0 atom stereocenters. The first-order valence-electron chi connectivity index (χ1n) is 22.8. The van der Waals surface area contributed by atoms with Crippen molar-refractivity contribution in [3.8, 4) is 62.1 Å². The highest BCUT2D eigenvalue weighted by Gasteiger charge is 2.20. The minimum absolute atomic E-state index is 0.533. The highest BCUT2D eigenvalue weighted by Crippen LogP contribution is 2.41. The van der Waals surface area contributed by atoms with Crippen LogP contribution in [0.25, 0.3) is 138 Å². The maximum atomic E-state index is 6.49. The highest BCUT2D eigenvalue weighted by atomic mass is 16.3. The van der Waals surface area contributed by atoms with Crippen molar-refractivity contribution < 1.29 is 4.42 Å². The van der Waals surface area contributed by atoms with E-state index in [1.807, 2.05) is 24.4 Å². The second kappa shape index (κ2) is 15.2. The largest absolute Gasteiger partial charge is 0.455 e. The Hall–Kier alpha value is -9.26. The molecule has 6 heteroatoms. The fourth-order valence-electron chi connectivity index (χ4n) is 10.3. The van der Waals surface area contributed by atoms with Crippen molar-refractivity contribution in [1.29, 1.82) is 0 Å². The van der Waals surface area contributed by atoms with Crippen molar-refractivity contribution in [1.82, 2.24) is 24.5 Å². The van der Waals surface area contributed by atoms with Crippen LogP contribution >= 0.6 is 0 Å². The standard InChI is InChI=1S/C62H37N5O/c1-2-11-39(12-3-1)50-19-10-22-55-58(50)53-35-42-14-4-5-15-43(42)36-56(53)67(55)47-28-25-38(26-29-47)41-16-8-17-45(33-41)60-64-61(46-27-30-49-44(34-46)24-23-40-13-6-7-18-48(40)49)66-62(65-60)52-21-9-20-51-54-37-63-32-31-57(54)68-59(51)52/h1-37H. The van der Waals surface area contributed by atoms with Crippen LogP contribution in [0.1, 0.15) is 0 Å². The first kappa shape index (κ1) is 38.1. The average molecular weight is 868 g/mol. The molecule has 0 aliphatic carbocycles. The first-order chi connectivity index (χ1) is 33.7. The van der Waals surface area contributed by atoms with E-state index >= 15 is 0 Å². The van der Waals surface area contributed by atoms with Crippen molar-refractivity contribution in [3.63, 3.8) is 0 Å². The topological polar surface area (TPSA) is 69.6 Å². The van der Waals surface area contributed by atoms with Crippen molar-refractivity contribution in [3.05, 3.63) is 225 Å². The summed E-state index contributed by atoms with van der Waals surface area (Å²) in [4.78, 5) is 20.0. The van der Waals surface area contributed by atoms with E-state index in [2.05, 4.69) is 204 Å². The molecule has 0 fully saturated rings. The minimum atomic E-state index is 0.533. The van der Waals surface area contributed by atoms with E-state index in [1.165, 1.54) is 59.9 Å². The molecular formula is C62H37N5O. The number of rotatable bonds is 6. The number of hydrogen-bond acceptors (Lipinski definition) is 5. The van der Waals surface area contributed by atoms with Gasteiger partial charge in [0.15, 0.2) is 17.5 Å². The van der Waals surface area contributed by atoms with E-state index in [1.54, 1.807) is 6.20 Å². The van der Waals surface area contributed by atoms with Gasteiger partial charge in [0, 0.05) is 50.8 Å². The van der Waals surface area contributed by atoms with Crippen LogP contribution in [0.15, 0.2) is 229 Å². The molecule has 0 N–H and O–H groups in total. The molecule has 316 valence electrons. The van der Waals surface area contributed by atoms with Crippen molar-refractivity contribution in [2.45, 2.75) is 0 Å². The zero-order valence-electron chi connectivity index (χ0n) is 36.5. The van der Waals surface area contributed by atoms with Gasteiger partial charge in [-0.25, -0.2) is 15.0 Å². The van der Waals surface area contributed by atoms with Gasteiger partial charge in [0.25, 0.3) is 0 Å². The monoisotopic (exact) mass is 867 g/mol. The molecule has 0 spiro atoms. The second-order valence-corrected chi connectivity index (χ2v) is 17.4. The molecule has 0 bridgehead atoms. The SMILES string of the molecule is c1ccc(-c2cccc3c2c2cc4ccccc4cc2n3-c2ccc(-c3cccc(-c4nc(-c5ccc6c(ccc7ccccc76)c5)nc(-c5cccc6c5oc5ccncc56)n4)c3)cc2)cc1. The van der Waals surface area contributed by atoms with E-state index in [4.69, 9.17) is 19.4 Å². The Morgan fingerprint density at radius 2 is 1.00 bits per heavy atom. The molecule has 0 aliphatic heterocycles. The van der Waals surface area contributed by atoms with Crippen LogP contribution in [0.2, 0.25) is 0 Å². The van der Waals surface area contributed by atoms with Gasteiger partial charge in [0.2, 0.25) is 0 Å². The molecule has 4 heterocycles. The Kier molecular flexibility index (Phi) is 8.48. The molecule has 68 heavy (non-hydrogen) atoms. The predicted molar refractivity (Wildman–Crippen MR) is 279 cm³/mol. The number of benzene rings is 10. The normalized spacial score (nSPS) is 11.8. The summed E-state index contributed by atoms with van der Waals surface area (Å²) in [5, 5.41) is 11.6. The van der Waals surface area contributed by atoms with Crippen LogP contribution in [-0.2, 0) is 0 Å². The molecule has 10 aromatic carbocycles. The van der Waals surface area contributed by atoms with Crippen LogP contribution in [0.3, 0.4) is 0 Å². The lowest BCUT2D eigenvalue weighted by Gasteiger charge is -2.12. The number of nitrogens with zero attached hydrogens (tertiary/aromatic N) is 5. The zero-order chi connectivity index (χ0) is 44.7.